The summed E-state index contributed by atoms with van der Waals surface area (Å²) in [6.07, 6.45) is 3.61. The van der Waals surface area contributed by atoms with Gasteiger partial charge in [0.1, 0.15) is 11.8 Å². The van der Waals surface area contributed by atoms with Crippen LogP contribution < -0.4 is 0 Å². The lowest BCUT2D eigenvalue weighted by Crippen LogP contribution is -2.37. The van der Waals surface area contributed by atoms with Gasteiger partial charge < -0.3 is 9.84 Å². The molecule has 0 saturated carbocycles. The van der Waals surface area contributed by atoms with Gasteiger partial charge in [0.2, 0.25) is 0 Å². The molecule has 1 aliphatic rings. The largest absolute Gasteiger partial charge is 0.481 e. The molecular formula is C15H19N3O3. The number of aliphatic carboxylic acids is 1. The molecule has 1 fully saturated rings. The number of carboxylic acids is 1. The third-order valence-electron chi connectivity index (χ3n) is 3.60. The summed E-state index contributed by atoms with van der Waals surface area (Å²) < 4.78 is 5.57. The van der Waals surface area contributed by atoms with Gasteiger partial charge in [-0.15, -0.1) is 0 Å². The van der Waals surface area contributed by atoms with Crippen molar-refractivity contribution in [1.29, 1.82) is 5.26 Å². The van der Waals surface area contributed by atoms with Crippen LogP contribution in [0.25, 0.3) is 0 Å². The second-order valence-electron chi connectivity index (χ2n) is 5.11. The first-order valence-electron chi connectivity index (χ1n) is 7.09. The van der Waals surface area contributed by atoms with Crippen LogP contribution in [0.3, 0.4) is 0 Å². The van der Waals surface area contributed by atoms with Crippen LogP contribution in [0.4, 0.5) is 0 Å². The fourth-order valence-corrected chi connectivity index (χ4v) is 2.45. The van der Waals surface area contributed by atoms with Crippen molar-refractivity contribution in [1.82, 2.24) is 9.88 Å². The fraction of sp³-hybridized carbons (Fsp3) is 0.533. The van der Waals surface area contributed by atoms with E-state index in [0.717, 1.165) is 38.0 Å². The minimum Gasteiger partial charge on any atom is -0.481 e. The van der Waals surface area contributed by atoms with E-state index in [4.69, 9.17) is 15.1 Å². The Morgan fingerprint density at radius 1 is 1.52 bits per heavy atom. The Kier molecular flexibility index (Phi) is 5.67. The molecule has 112 valence electrons. The molecule has 0 radical (unpaired) electrons. The maximum atomic E-state index is 10.4. The molecule has 0 spiro atoms. The van der Waals surface area contributed by atoms with Gasteiger partial charge in [-0.2, -0.15) is 5.26 Å². The number of pyridine rings is 1. The van der Waals surface area contributed by atoms with Gasteiger partial charge in [-0.1, -0.05) is 6.07 Å². The van der Waals surface area contributed by atoms with E-state index in [1.54, 1.807) is 6.20 Å². The van der Waals surface area contributed by atoms with E-state index in [1.807, 2.05) is 12.1 Å². The summed E-state index contributed by atoms with van der Waals surface area (Å²) in [5, 5.41) is 17.6. The van der Waals surface area contributed by atoms with Crippen molar-refractivity contribution in [2.75, 3.05) is 19.7 Å². The molecule has 1 aliphatic heterocycles. The molecule has 0 bridgehead atoms. The molecule has 1 aromatic heterocycles. The number of likely N-dealkylation sites (tertiary alicyclic amines) is 1. The zero-order valence-electron chi connectivity index (χ0n) is 11.9. The number of aromatic nitrogens is 1. The van der Waals surface area contributed by atoms with Crippen molar-refractivity contribution < 1.29 is 14.6 Å². The minimum atomic E-state index is -0.826. The van der Waals surface area contributed by atoms with Gasteiger partial charge in [-0.25, -0.2) is 4.98 Å². The van der Waals surface area contributed by atoms with E-state index in [-0.39, 0.29) is 19.1 Å². The summed E-state index contributed by atoms with van der Waals surface area (Å²) in [7, 11) is 0. The molecular weight excluding hydrogens is 270 g/mol. The summed E-state index contributed by atoms with van der Waals surface area (Å²) in [6, 6.07) is 5.89. The van der Waals surface area contributed by atoms with Gasteiger partial charge in [0.05, 0.1) is 19.1 Å². The average molecular weight is 289 g/mol. The molecule has 0 amide bonds. The number of piperidine rings is 1. The summed E-state index contributed by atoms with van der Waals surface area (Å²) in [6.45, 7) is 2.77. The Morgan fingerprint density at radius 2 is 2.29 bits per heavy atom. The number of carboxylic acid groups (broad SMARTS) is 1. The normalized spacial score (nSPS) is 16.5. The molecule has 0 aliphatic carbocycles. The number of hydrogen-bond acceptors (Lipinski definition) is 5. The van der Waals surface area contributed by atoms with E-state index in [2.05, 4.69) is 16.0 Å². The number of carbonyl (C=O) groups is 1. The summed E-state index contributed by atoms with van der Waals surface area (Å²) in [4.78, 5) is 16.8. The quantitative estimate of drug-likeness (QED) is 0.852. The van der Waals surface area contributed by atoms with Crippen LogP contribution in [0.1, 0.15) is 30.5 Å². The van der Waals surface area contributed by atoms with Crippen LogP contribution in [0, 0.1) is 11.3 Å². The molecule has 6 heteroatoms. The first-order valence-corrected chi connectivity index (χ1v) is 7.09. The minimum absolute atomic E-state index is 0.0570. The monoisotopic (exact) mass is 289 g/mol. The number of rotatable bonds is 6. The van der Waals surface area contributed by atoms with E-state index in [0.29, 0.717) is 5.69 Å². The molecule has 6 nitrogen and oxygen atoms in total. The van der Waals surface area contributed by atoms with Crippen LogP contribution in [0.5, 0.6) is 0 Å². The lowest BCUT2D eigenvalue weighted by atomic mass is 10.1. The number of nitrogens with zero attached hydrogens (tertiary/aromatic N) is 3. The Morgan fingerprint density at radius 3 is 2.95 bits per heavy atom. The second kappa shape index (κ2) is 7.72. The molecule has 1 N–H and O–H groups in total. The van der Waals surface area contributed by atoms with Gasteiger partial charge >= 0.3 is 5.97 Å². The summed E-state index contributed by atoms with van der Waals surface area (Å²) in [5.41, 5.74) is 1.43. The van der Waals surface area contributed by atoms with Crippen molar-refractivity contribution in [3.8, 4) is 6.07 Å². The summed E-state index contributed by atoms with van der Waals surface area (Å²) in [5.74, 6) is -0.826. The van der Waals surface area contributed by atoms with Gasteiger partial charge in [-0.3, -0.25) is 9.69 Å². The van der Waals surface area contributed by atoms with Gasteiger partial charge in [0.25, 0.3) is 0 Å². The highest BCUT2D eigenvalue weighted by Gasteiger charge is 2.20. The SMILES string of the molecule is N#Cc1ncccc1CN1CCC(OCCC(=O)O)CC1. The highest BCUT2D eigenvalue weighted by Crippen LogP contribution is 2.17. The van der Waals surface area contributed by atoms with Crippen molar-refractivity contribution >= 4 is 5.97 Å². The zero-order valence-corrected chi connectivity index (χ0v) is 11.9. The topological polar surface area (TPSA) is 86.5 Å². The van der Waals surface area contributed by atoms with Crippen LogP contribution >= 0.6 is 0 Å². The van der Waals surface area contributed by atoms with Gasteiger partial charge in [0, 0.05) is 31.4 Å². The molecule has 0 atom stereocenters. The molecule has 0 aromatic carbocycles. The highest BCUT2D eigenvalue weighted by atomic mass is 16.5. The Hall–Kier alpha value is -1.97. The molecule has 21 heavy (non-hydrogen) atoms. The van der Waals surface area contributed by atoms with E-state index in [9.17, 15) is 4.79 Å². The zero-order chi connectivity index (χ0) is 15.1. The average Bonchev–Trinajstić information content (AvgIpc) is 2.49. The van der Waals surface area contributed by atoms with Gasteiger partial charge in [-0.05, 0) is 18.9 Å². The van der Waals surface area contributed by atoms with Crippen LogP contribution in [-0.4, -0.2) is 46.8 Å². The third kappa shape index (κ3) is 4.81. The standard InChI is InChI=1S/C15H19N3O3/c16-10-14-12(2-1-6-17-14)11-18-7-3-13(4-8-18)21-9-5-15(19)20/h1-2,6,13H,3-5,7-9,11H2,(H,19,20). The first kappa shape index (κ1) is 15.4. The number of hydrogen-bond donors (Lipinski definition) is 1. The predicted octanol–water partition coefficient (Wildman–Crippen LogP) is 1.41. The van der Waals surface area contributed by atoms with E-state index >= 15 is 0 Å². The molecule has 2 rings (SSSR count). The maximum absolute atomic E-state index is 10.4. The van der Waals surface area contributed by atoms with Gasteiger partial charge in [0.15, 0.2) is 0 Å². The predicted molar refractivity (Wildman–Crippen MR) is 75.5 cm³/mol. The maximum Gasteiger partial charge on any atom is 0.305 e. The van der Waals surface area contributed by atoms with Crippen molar-refractivity contribution in [2.24, 2.45) is 0 Å². The number of nitriles is 1. The molecule has 1 saturated heterocycles. The van der Waals surface area contributed by atoms with Crippen molar-refractivity contribution in [3.63, 3.8) is 0 Å². The van der Waals surface area contributed by atoms with Crippen LogP contribution in [0.2, 0.25) is 0 Å². The Balaban J connectivity index is 1.76. The van der Waals surface area contributed by atoms with Crippen LogP contribution in [0.15, 0.2) is 18.3 Å². The number of ether oxygens (including phenoxy) is 1. The Bertz CT molecular complexity index is 519. The summed E-state index contributed by atoms with van der Waals surface area (Å²) >= 11 is 0. The Labute approximate surface area is 124 Å². The van der Waals surface area contributed by atoms with Crippen LogP contribution in [-0.2, 0) is 16.1 Å². The fourth-order valence-electron chi connectivity index (χ4n) is 2.45. The lowest BCUT2D eigenvalue weighted by molar-refractivity contribution is -0.138. The van der Waals surface area contributed by atoms with Crippen molar-refractivity contribution in [3.05, 3.63) is 29.6 Å². The third-order valence-corrected chi connectivity index (χ3v) is 3.60. The highest BCUT2D eigenvalue weighted by molar-refractivity contribution is 5.66. The molecule has 2 heterocycles. The molecule has 0 unspecified atom stereocenters. The van der Waals surface area contributed by atoms with Crippen molar-refractivity contribution in [2.45, 2.75) is 31.9 Å². The van der Waals surface area contributed by atoms with E-state index in [1.165, 1.54) is 0 Å². The van der Waals surface area contributed by atoms with E-state index < -0.39 is 5.97 Å². The first-order chi connectivity index (χ1) is 10.2. The molecule has 1 aromatic rings. The second-order valence-corrected chi connectivity index (χ2v) is 5.11. The lowest BCUT2D eigenvalue weighted by Gasteiger charge is -2.31. The smallest absolute Gasteiger partial charge is 0.305 e.